The zero-order valence-electron chi connectivity index (χ0n) is 11.5. The predicted octanol–water partition coefficient (Wildman–Crippen LogP) is 2.84. The van der Waals surface area contributed by atoms with Gasteiger partial charge in [0.15, 0.2) is 0 Å². The molecule has 1 aromatic carbocycles. The summed E-state index contributed by atoms with van der Waals surface area (Å²) in [5.41, 5.74) is 7.01. The van der Waals surface area contributed by atoms with Crippen LogP contribution < -0.4 is 5.73 Å². The molecule has 1 amide bonds. The van der Waals surface area contributed by atoms with Crippen molar-refractivity contribution in [1.82, 2.24) is 4.90 Å². The number of carbonyl (C=O) groups excluding carboxylic acids is 1. The number of thiophene rings is 1. The molecule has 110 valence electrons. The first-order valence-electron chi connectivity index (χ1n) is 6.97. The highest BCUT2D eigenvalue weighted by atomic mass is 32.1. The molecule has 2 heterocycles. The second kappa shape index (κ2) is 5.95. The van der Waals surface area contributed by atoms with Crippen LogP contribution in [0.3, 0.4) is 0 Å². The van der Waals surface area contributed by atoms with Crippen LogP contribution in [0.2, 0.25) is 0 Å². The van der Waals surface area contributed by atoms with Crippen LogP contribution in [0.1, 0.15) is 27.6 Å². The Bertz CT molecular complexity index is 629. The van der Waals surface area contributed by atoms with Crippen molar-refractivity contribution in [3.63, 3.8) is 0 Å². The van der Waals surface area contributed by atoms with Gasteiger partial charge in [0.25, 0.3) is 5.91 Å². The Morgan fingerprint density at radius 3 is 2.86 bits per heavy atom. The second-order valence-corrected chi connectivity index (χ2v) is 6.38. The predicted molar refractivity (Wildman–Crippen MR) is 82.0 cm³/mol. The fraction of sp³-hybridized carbons (Fsp3) is 0.312. The lowest BCUT2D eigenvalue weighted by molar-refractivity contribution is 0.0694. The number of rotatable bonds is 2. The molecule has 21 heavy (non-hydrogen) atoms. The molecular formula is C16H17FN2OS. The van der Waals surface area contributed by atoms with E-state index in [1.807, 2.05) is 23.6 Å². The average Bonchev–Trinajstić information content (AvgIpc) is 3.00. The van der Waals surface area contributed by atoms with Gasteiger partial charge >= 0.3 is 0 Å². The molecule has 1 aliphatic heterocycles. The van der Waals surface area contributed by atoms with Gasteiger partial charge in [0.1, 0.15) is 5.82 Å². The van der Waals surface area contributed by atoms with Gasteiger partial charge in [-0.3, -0.25) is 4.79 Å². The lowest BCUT2D eigenvalue weighted by Crippen LogP contribution is -2.48. The van der Waals surface area contributed by atoms with Crippen molar-refractivity contribution >= 4 is 17.2 Å². The van der Waals surface area contributed by atoms with Crippen LogP contribution in [0.4, 0.5) is 4.39 Å². The Balaban J connectivity index is 1.80. The highest BCUT2D eigenvalue weighted by molar-refractivity contribution is 7.12. The average molecular weight is 304 g/mol. The van der Waals surface area contributed by atoms with Gasteiger partial charge in [0.2, 0.25) is 0 Å². The first-order chi connectivity index (χ1) is 10.1. The quantitative estimate of drug-likeness (QED) is 0.927. The molecule has 2 N–H and O–H groups in total. The Morgan fingerprint density at radius 2 is 2.14 bits per heavy atom. The minimum Gasteiger partial charge on any atom is -0.336 e. The van der Waals surface area contributed by atoms with Gasteiger partial charge in [0.05, 0.1) is 4.88 Å². The number of likely N-dealkylation sites (tertiary alicyclic amines) is 1. The summed E-state index contributed by atoms with van der Waals surface area (Å²) < 4.78 is 13.4. The Morgan fingerprint density at radius 1 is 1.29 bits per heavy atom. The number of amides is 1. The number of hydrogen-bond donors (Lipinski definition) is 1. The van der Waals surface area contributed by atoms with Crippen LogP contribution >= 0.6 is 11.3 Å². The summed E-state index contributed by atoms with van der Waals surface area (Å²) >= 11 is 1.43. The van der Waals surface area contributed by atoms with Crippen LogP contribution in [0.25, 0.3) is 0 Å². The van der Waals surface area contributed by atoms with E-state index in [9.17, 15) is 9.18 Å². The summed E-state index contributed by atoms with van der Waals surface area (Å²) in [4.78, 5) is 15.0. The summed E-state index contributed by atoms with van der Waals surface area (Å²) in [6.07, 6.45) is 0.775. The molecule has 1 saturated heterocycles. The van der Waals surface area contributed by atoms with Gasteiger partial charge in [-0.15, -0.1) is 11.3 Å². The summed E-state index contributed by atoms with van der Waals surface area (Å²) in [5, 5.41) is 1.89. The molecule has 5 heteroatoms. The normalized spacial score (nSPS) is 22.3. The number of piperidine rings is 1. The molecule has 0 bridgehead atoms. The first kappa shape index (κ1) is 14.2. The molecule has 0 saturated carbocycles. The third-order valence-corrected chi connectivity index (χ3v) is 4.68. The van der Waals surface area contributed by atoms with Gasteiger partial charge in [0, 0.05) is 25.0 Å². The maximum Gasteiger partial charge on any atom is 0.263 e. The van der Waals surface area contributed by atoms with Crippen LogP contribution in [-0.4, -0.2) is 29.9 Å². The molecule has 0 spiro atoms. The molecule has 1 aromatic heterocycles. The van der Waals surface area contributed by atoms with Gasteiger partial charge in [-0.2, -0.15) is 0 Å². The number of halogens is 1. The van der Waals surface area contributed by atoms with Crippen molar-refractivity contribution in [1.29, 1.82) is 0 Å². The van der Waals surface area contributed by atoms with E-state index >= 15 is 0 Å². The first-order valence-corrected chi connectivity index (χ1v) is 7.85. The summed E-state index contributed by atoms with van der Waals surface area (Å²) in [6, 6.07) is 10.2. The van der Waals surface area contributed by atoms with Crippen molar-refractivity contribution in [2.24, 2.45) is 5.73 Å². The van der Waals surface area contributed by atoms with Crippen molar-refractivity contribution in [3.05, 3.63) is 58.0 Å². The molecule has 0 aliphatic carbocycles. The largest absolute Gasteiger partial charge is 0.336 e. The highest BCUT2D eigenvalue weighted by Crippen LogP contribution is 2.28. The van der Waals surface area contributed by atoms with Gasteiger partial charge in [-0.25, -0.2) is 4.39 Å². The Kier molecular flexibility index (Phi) is 4.03. The lowest BCUT2D eigenvalue weighted by atomic mass is 9.88. The van der Waals surface area contributed by atoms with Crippen LogP contribution in [0, 0.1) is 5.82 Å². The maximum absolute atomic E-state index is 13.4. The molecule has 2 aromatic rings. The molecule has 1 aliphatic rings. The molecule has 3 rings (SSSR count). The zero-order valence-corrected chi connectivity index (χ0v) is 12.4. The smallest absolute Gasteiger partial charge is 0.263 e. The molecule has 3 nitrogen and oxygen atoms in total. The van der Waals surface area contributed by atoms with Crippen LogP contribution in [0.15, 0.2) is 41.8 Å². The molecular weight excluding hydrogens is 287 g/mol. The van der Waals surface area contributed by atoms with E-state index < -0.39 is 0 Å². The number of nitrogens with two attached hydrogens (primary N) is 1. The summed E-state index contributed by atoms with van der Waals surface area (Å²) in [7, 11) is 0. The van der Waals surface area contributed by atoms with Gasteiger partial charge in [-0.1, -0.05) is 18.2 Å². The van der Waals surface area contributed by atoms with Crippen molar-refractivity contribution in [3.8, 4) is 0 Å². The summed E-state index contributed by atoms with van der Waals surface area (Å²) in [6.45, 7) is 1.15. The third-order valence-electron chi connectivity index (χ3n) is 3.82. The van der Waals surface area contributed by atoms with Crippen molar-refractivity contribution in [2.45, 2.75) is 18.4 Å². The topological polar surface area (TPSA) is 46.3 Å². The van der Waals surface area contributed by atoms with E-state index in [1.54, 1.807) is 11.0 Å². The number of nitrogens with zero attached hydrogens (tertiary/aromatic N) is 1. The molecule has 1 fully saturated rings. The SMILES string of the molecule is NC1CC(c2cccc(F)c2)CN(C(=O)c2cccs2)C1. The maximum atomic E-state index is 13.4. The lowest BCUT2D eigenvalue weighted by Gasteiger charge is -2.36. The van der Waals surface area contributed by atoms with Crippen LogP contribution in [0.5, 0.6) is 0 Å². The van der Waals surface area contributed by atoms with E-state index in [2.05, 4.69) is 0 Å². The number of carbonyl (C=O) groups is 1. The fourth-order valence-electron chi connectivity index (χ4n) is 2.86. The van der Waals surface area contributed by atoms with E-state index in [0.717, 1.165) is 16.9 Å². The second-order valence-electron chi connectivity index (χ2n) is 5.44. The zero-order chi connectivity index (χ0) is 14.8. The number of benzene rings is 1. The number of hydrogen-bond acceptors (Lipinski definition) is 3. The van der Waals surface area contributed by atoms with Gasteiger partial charge < -0.3 is 10.6 Å². The highest BCUT2D eigenvalue weighted by Gasteiger charge is 2.30. The van der Waals surface area contributed by atoms with Crippen LogP contribution in [-0.2, 0) is 0 Å². The minimum absolute atomic E-state index is 0.0153. The Hall–Kier alpha value is -1.72. The third kappa shape index (κ3) is 3.14. The van der Waals surface area contributed by atoms with Gasteiger partial charge in [-0.05, 0) is 35.6 Å². The molecule has 2 atom stereocenters. The van der Waals surface area contributed by atoms with Crippen molar-refractivity contribution < 1.29 is 9.18 Å². The minimum atomic E-state index is -0.247. The van der Waals surface area contributed by atoms with Crippen molar-refractivity contribution in [2.75, 3.05) is 13.1 Å². The van der Waals surface area contributed by atoms with E-state index in [4.69, 9.17) is 5.73 Å². The molecule has 0 radical (unpaired) electrons. The van der Waals surface area contributed by atoms with E-state index in [1.165, 1.54) is 23.5 Å². The van der Waals surface area contributed by atoms with E-state index in [0.29, 0.717) is 13.1 Å². The molecule has 2 unspecified atom stereocenters. The fourth-order valence-corrected chi connectivity index (χ4v) is 3.55. The Labute approximate surface area is 127 Å². The standard InChI is InChI=1S/C16H17FN2OS/c17-13-4-1-3-11(7-13)12-8-14(18)10-19(9-12)16(20)15-5-2-6-21-15/h1-7,12,14H,8-10,18H2. The van der Waals surface area contributed by atoms with E-state index in [-0.39, 0.29) is 23.7 Å². The monoisotopic (exact) mass is 304 g/mol. The summed E-state index contributed by atoms with van der Waals surface area (Å²) in [5.74, 6) is -0.141.